The van der Waals surface area contributed by atoms with E-state index in [1.165, 1.54) is 4.90 Å². The van der Waals surface area contributed by atoms with E-state index in [0.29, 0.717) is 19.5 Å². The number of sulfone groups is 1. The van der Waals surface area contributed by atoms with Crippen LogP contribution in [0.25, 0.3) is 0 Å². The third-order valence-corrected chi connectivity index (χ3v) is 5.61. The van der Waals surface area contributed by atoms with Crippen molar-refractivity contribution in [3.63, 3.8) is 0 Å². The molecule has 1 saturated heterocycles. The summed E-state index contributed by atoms with van der Waals surface area (Å²) >= 11 is 0. The summed E-state index contributed by atoms with van der Waals surface area (Å²) in [6.45, 7) is 2.52. The highest BCUT2D eigenvalue weighted by atomic mass is 32.2. The first kappa shape index (κ1) is 17.4. The number of nitrogens with one attached hydrogen (secondary N) is 1. The van der Waals surface area contributed by atoms with Crippen LogP contribution in [0.2, 0.25) is 0 Å². The Balaban J connectivity index is 1.85. The van der Waals surface area contributed by atoms with Crippen molar-refractivity contribution in [2.24, 2.45) is 0 Å². The van der Waals surface area contributed by atoms with E-state index in [2.05, 4.69) is 10.3 Å². The Morgan fingerprint density at radius 2 is 2.04 bits per heavy atom. The highest BCUT2D eigenvalue weighted by Gasteiger charge is 2.34. The molecule has 1 fully saturated rings. The second-order valence-electron chi connectivity index (χ2n) is 5.55. The summed E-state index contributed by atoms with van der Waals surface area (Å²) in [5, 5.41) is 2.68. The molecule has 1 aromatic heterocycles. The molecule has 7 nitrogen and oxygen atoms in total. The zero-order valence-electron chi connectivity index (χ0n) is 13.1. The van der Waals surface area contributed by atoms with Crippen LogP contribution in [0.1, 0.15) is 25.3 Å². The van der Waals surface area contributed by atoms with Crippen molar-refractivity contribution >= 4 is 21.7 Å². The summed E-state index contributed by atoms with van der Waals surface area (Å²) in [6.07, 6.45) is 3.44. The molecule has 1 aliphatic rings. The molecule has 0 saturated carbocycles. The predicted molar refractivity (Wildman–Crippen MR) is 85.1 cm³/mol. The van der Waals surface area contributed by atoms with Crippen LogP contribution in [0.3, 0.4) is 0 Å². The lowest BCUT2D eigenvalue weighted by Crippen LogP contribution is -2.43. The van der Waals surface area contributed by atoms with Crippen molar-refractivity contribution < 1.29 is 18.0 Å². The standard InChI is InChI=1S/C15H21N3O4S/c1-2-18(13-5-8-23(21,22)11-13)15(20)9-14(19)17-10-12-3-6-16-7-4-12/h3-4,6-7,13H,2,5,8-11H2,1H3,(H,17,19). The van der Waals surface area contributed by atoms with Gasteiger partial charge in [0.2, 0.25) is 11.8 Å². The third kappa shape index (κ3) is 5.02. The first-order valence-electron chi connectivity index (χ1n) is 7.57. The summed E-state index contributed by atoms with van der Waals surface area (Å²) in [6, 6.07) is 3.25. The van der Waals surface area contributed by atoms with E-state index in [1.807, 2.05) is 0 Å². The van der Waals surface area contributed by atoms with Gasteiger partial charge in [0.1, 0.15) is 6.42 Å². The second-order valence-corrected chi connectivity index (χ2v) is 7.77. The molecule has 2 rings (SSSR count). The molecule has 1 aromatic rings. The van der Waals surface area contributed by atoms with E-state index in [0.717, 1.165) is 5.56 Å². The Labute approximate surface area is 136 Å². The molecule has 2 heterocycles. The van der Waals surface area contributed by atoms with Gasteiger partial charge in [-0.2, -0.15) is 0 Å². The van der Waals surface area contributed by atoms with Crippen LogP contribution in [0.4, 0.5) is 0 Å². The van der Waals surface area contributed by atoms with Crippen LogP contribution < -0.4 is 5.32 Å². The number of amides is 2. The number of carbonyl (C=O) groups excluding carboxylic acids is 2. The fraction of sp³-hybridized carbons (Fsp3) is 0.533. The van der Waals surface area contributed by atoms with Gasteiger partial charge in [0.25, 0.3) is 0 Å². The molecule has 8 heteroatoms. The number of nitrogens with zero attached hydrogens (tertiary/aromatic N) is 2. The van der Waals surface area contributed by atoms with Crippen LogP contribution in [-0.4, -0.2) is 54.2 Å². The fourth-order valence-electron chi connectivity index (χ4n) is 2.66. The highest BCUT2D eigenvalue weighted by Crippen LogP contribution is 2.18. The molecule has 1 aliphatic heterocycles. The summed E-state index contributed by atoms with van der Waals surface area (Å²) < 4.78 is 23.1. The molecule has 2 amide bonds. The van der Waals surface area contributed by atoms with Gasteiger partial charge < -0.3 is 10.2 Å². The number of carbonyl (C=O) groups is 2. The largest absolute Gasteiger partial charge is 0.352 e. The minimum Gasteiger partial charge on any atom is -0.352 e. The minimum absolute atomic E-state index is 0.00872. The topological polar surface area (TPSA) is 96.4 Å². The maximum Gasteiger partial charge on any atom is 0.232 e. The Kier molecular flexibility index (Phi) is 5.70. The van der Waals surface area contributed by atoms with Crippen molar-refractivity contribution in [3.8, 4) is 0 Å². The normalized spacial score (nSPS) is 19.3. The molecular formula is C15H21N3O4S. The molecule has 126 valence electrons. The number of rotatable bonds is 6. The van der Waals surface area contributed by atoms with Gasteiger partial charge in [0.15, 0.2) is 9.84 Å². The molecule has 0 spiro atoms. The van der Waals surface area contributed by atoms with E-state index in [-0.39, 0.29) is 35.8 Å². The second kappa shape index (κ2) is 7.54. The Morgan fingerprint density at radius 3 is 2.61 bits per heavy atom. The molecule has 0 radical (unpaired) electrons. The SMILES string of the molecule is CCN(C(=O)CC(=O)NCc1ccncc1)C1CCS(=O)(=O)C1. The van der Waals surface area contributed by atoms with E-state index < -0.39 is 9.84 Å². The van der Waals surface area contributed by atoms with Gasteiger partial charge in [0, 0.05) is 31.5 Å². The van der Waals surface area contributed by atoms with Crippen LogP contribution in [0, 0.1) is 0 Å². The van der Waals surface area contributed by atoms with Crippen molar-refractivity contribution in [3.05, 3.63) is 30.1 Å². The molecule has 1 N–H and O–H groups in total. The lowest BCUT2D eigenvalue weighted by Gasteiger charge is -2.26. The number of aromatic nitrogens is 1. The van der Waals surface area contributed by atoms with E-state index in [9.17, 15) is 18.0 Å². The van der Waals surface area contributed by atoms with E-state index >= 15 is 0 Å². The first-order chi connectivity index (χ1) is 10.9. The molecule has 23 heavy (non-hydrogen) atoms. The summed E-state index contributed by atoms with van der Waals surface area (Å²) in [5.41, 5.74) is 0.898. The monoisotopic (exact) mass is 339 g/mol. The maximum atomic E-state index is 12.3. The van der Waals surface area contributed by atoms with Gasteiger partial charge in [-0.15, -0.1) is 0 Å². The average molecular weight is 339 g/mol. The molecule has 0 bridgehead atoms. The van der Waals surface area contributed by atoms with Crippen LogP contribution in [-0.2, 0) is 26.0 Å². The van der Waals surface area contributed by atoms with Gasteiger partial charge in [-0.3, -0.25) is 14.6 Å². The number of hydrogen-bond donors (Lipinski definition) is 1. The lowest BCUT2D eigenvalue weighted by atomic mass is 10.2. The van der Waals surface area contributed by atoms with Crippen molar-refractivity contribution in [2.75, 3.05) is 18.1 Å². The zero-order valence-corrected chi connectivity index (χ0v) is 13.9. The first-order valence-corrected chi connectivity index (χ1v) is 9.39. The van der Waals surface area contributed by atoms with Crippen LogP contribution >= 0.6 is 0 Å². The van der Waals surface area contributed by atoms with E-state index in [4.69, 9.17) is 0 Å². The maximum absolute atomic E-state index is 12.3. The molecule has 0 aliphatic carbocycles. The zero-order chi connectivity index (χ0) is 16.9. The van der Waals surface area contributed by atoms with Crippen molar-refractivity contribution in [1.82, 2.24) is 15.2 Å². The minimum atomic E-state index is -3.06. The molecule has 1 atom stereocenters. The Morgan fingerprint density at radius 1 is 1.35 bits per heavy atom. The number of hydrogen-bond acceptors (Lipinski definition) is 5. The van der Waals surface area contributed by atoms with Crippen LogP contribution in [0.5, 0.6) is 0 Å². The van der Waals surface area contributed by atoms with Gasteiger partial charge >= 0.3 is 0 Å². The average Bonchev–Trinajstić information content (AvgIpc) is 2.87. The van der Waals surface area contributed by atoms with Gasteiger partial charge in [-0.25, -0.2) is 8.42 Å². The Hall–Kier alpha value is -1.96. The third-order valence-electron chi connectivity index (χ3n) is 3.86. The van der Waals surface area contributed by atoms with Crippen LogP contribution in [0.15, 0.2) is 24.5 Å². The fourth-order valence-corrected chi connectivity index (χ4v) is 4.39. The lowest BCUT2D eigenvalue weighted by molar-refractivity contribution is -0.137. The van der Waals surface area contributed by atoms with E-state index in [1.54, 1.807) is 31.5 Å². The summed E-state index contributed by atoms with van der Waals surface area (Å²) in [7, 11) is -3.06. The highest BCUT2D eigenvalue weighted by molar-refractivity contribution is 7.91. The smallest absolute Gasteiger partial charge is 0.232 e. The predicted octanol–water partition coefficient (Wildman–Crippen LogP) is 0.123. The molecule has 1 unspecified atom stereocenters. The van der Waals surface area contributed by atoms with Gasteiger partial charge in [-0.1, -0.05) is 0 Å². The van der Waals surface area contributed by atoms with Crippen molar-refractivity contribution in [1.29, 1.82) is 0 Å². The quantitative estimate of drug-likeness (QED) is 0.743. The summed E-state index contributed by atoms with van der Waals surface area (Å²) in [4.78, 5) is 29.5. The molecule has 0 aromatic carbocycles. The summed E-state index contributed by atoms with van der Waals surface area (Å²) in [5.74, 6) is -0.603. The Bertz CT molecular complexity index is 661. The van der Waals surface area contributed by atoms with Gasteiger partial charge in [0.05, 0.1) is 11.5 Å². The molecular weight excluding hydrogens is 318 g/mol. The van der Waals surface area contributed by atoms with Crippen molar-refractivity contribution in [2.45, 2.75) is 32.4 Å². The number of pyridine rings is 1. The van der Waals surface area contributed by atoms with Gasteiger partial charge in [-0.05, 0) is 31.0 Å².